The van der Waals surface area contributed by atoms with E-state index in [9.17, 15) is 8.42 Å². The topological polar surface area (TPSA) is 61.4 Å². The summed E-state index contributed by atoms with van der Waals surface area (Å²) in [6.45, 7) is 5.82. The van der Waals surface area contributed by atoms with Gasteiger partial charge in [0.2, 0.25) is 10.0 Å². The first-order valence-electron chi connectivity index (χ1n) is 7.17. The molecule has 0 aliphatic rings. The second kappa shape index (κ2) is 7.89. The van der Waals surface area contributed by atoms with Crippen molar-refractivity contribution in [1.29, 1.82) is 0 Å². The van der Waals surface area contributed by atoms with E-state index in [1.165, 1.54) is 0 Å². The van der Waals surface area contributed by atoms with Gasteiger partial charge in [0.15, 0.2) is 0 Å². The van der Waals surface area contributed by atoms with Gasteiger partial charge in [-0.3, -0.25) is 0 Å². The van der Waals surface area contributed by atoms with Gasteiger partial charge in [0.05, 0.1) is 4.90 Å². The van der Waals surface area contributed by atoms with Gasteiger partial charge in [-0.2, -0.15) is 0 Å². The quantitative estimate of drug-likeness (QED) is 0.709. The van der Waals surface area contributed by atoms with Gasteiger partial charge in [0.25, 0.3) is 0 Å². The Labute approximate surface area is 128 Å². The molecule has 0 aromatic heterocycles. The molecule has 0 aliphatic carbocycles. The summed E-state index contributed by atoms with van der Waals surface area (Å²) in [5.74, 6) is 0. The van der Waals surface area contributed by atoms with Crippen LogP contribution in [0.3, 0.4) is 0 Å². The van der Waals surface area contributed by atoms with Crippen LogP contribution in [0, 0.1) is 13.8 Å². The summed E-state index contributed by atoms with van der Waals surface area (Å²) < 4.78 is 27.5. The van der Waals surface area contributed by atoms with Crippen molar-refractivity contribution >= 4 is 10.0 Å². The molecule has 0 spiro atoms. The molecule has 0 atom stereocenters. The standard InChI is InChI=1S/C15H27N3O2S/c1-12-9-13(2)15(10-14(12)11-16-3)21(19,20)17-7-6-8-18(4)5/h9-10,16-17H,6-8,11H2,1-5H3. The lowest BCUT2D eigenvalue weighted by Crippen LogP contribution is -2.28. The molecular weight excluding hydrogens is 286 g/mol. The van der Waals surface area contributed by atoms with Gasteiger partial charge in [-0.1, -0.05) is 6.07 Å². The van der Waals surface area contributed by atoms with Gasteiger partial charge in [0, 0.05) is 13.1 Å². The van der Waals surface area contributed by atoms with Crippen LogP contribution in [0.2, 0.25) is 0 Å². The highest BCUT2D eigenvalue weighted by Crippen LogP contribution is 2.20. The van der Waals surface area contributed by atoms with Crippen molar-refractivity contribution in [2.75, 3.05) is 34.2 Å². The van der Waals surface area contributed by atoms with E-state index in [-0.39, 0.29) is 0 Å². The first-order valence-corrected chi connectivity index (χ1v) is 8.65. The molecule has 2 N–H and O–H groups in total. The molecule has 0 saturated heterocycles. The Kier molecular flexibility index (Phi) is 6.80. The number of nitrogens with zero attached hydrogens (tertiary/aromatic N) is 1. The van der Waals surface area contributed by atoms with Crippen LogP contribution in [0.5, 0.6) is 0 Å². The monoisotopic (exact) mass is 313 g/mol. The van der Waals surface area contributed by atoms with E-state index in [4.69, 9.17) is 0 Å². The predicted molar refractivity (Wildman–Crippen MR) is 87.0 cm³/mol. The third-order valence-electron chi connectivity index (χ3n) is 3.36. The molecule has 0 bridgehead atoms. The van der Waals surface area contributed by atoms with Gasteiger partial charge >= 0.3 is 0 Å². The first-order chi connectivity index (χ1) is 9.77. The fraction of sp³-hybridized carbons (Fsp3) is 0.600. The highest BCUT2D eigenvalue weighted by atomic mass is 32.2. The average molecular weight is 313 g/mol. The fourth-order valence-electron chi connectivity index (χ4n) is 2.22. The van der Waals surface area contributed by atoms with Gasteiger partial charge in [-0.15, -0.1) is 0 Å². The van der Waals surface area contributed by atoms with Crippen molar-refractivity contribution in [3.05, 3.63) is 28.8 Å². The van der Waals surface area contributed by atoms with E-state index in [1.807, 2.05) is 46.0 Å². The van der Waals surface area contributed by atoms with Gasteiger partial charge in [-0.25, -0.2) is 13.1 Å². The lowest BCUT2D eigenvalue weighted by molar-refractivity contribution is 0.400. The molecule has 0 fully saturated rings. The van der Waals surface area contributed by atoms with Crippen LogP contribution in [-0.4, -0.2) is 47.6 Å². The summed E-state index contributed by atoms with van der Waals surface area (Å²) in [4.78, 5) is 2.42. The molecule has 1 aromatic carbocycles. The summed E-state index contributed by atoms with van der Waals surface area (Å²) in [6, 6.07) is 3.70. The third-order valence-corrected chi connectivity index (χ3v) is 4.97. The lowest BCUT2D eigenvalue weighted by atomic mass is 10.1. The Morgan fingerprint density at radius 1 is 1.14 bits per heavy atom. The maximum absolute atomic E-state index is 12.4. The van der Waals surface area contributed by atoms with Gasteiger partial charge in [0.1, 0.15) is 0 Å². The largest absolute Gasteiger partial charge is 0.316 e. The molecule has 0 radical (unpaired) electrons. The molecule has 6 heteroatoms. The maximum atomic E-state index is 12.4. The van der Waals surface area contributed by atoms with Crippen LogP contribution >= 0.6 is 0 Å². The predicted octanol–water partition coefficient (Wildman–Crippen LogP) is 1.25. The third kappa shape index (κ3) is 5.39. The number of nitrogens with one attached hydrogen (secondary N) is 2. The minimum Gasteiger partial charge on any atom is -0.316 e. The van der Waals surface area contributed by atoms with Crippen LogP contribution in [0.15, 0.2) is 17.0 Å². The van der Waals surface area contributed by atoms with Crippen molar-refractivity contribution in [3.63, 3.8) is 0 Å². The van der Waals surface area contributed by atoms with Crippen LogP contribution in [0.4, 0.5) is 0 Å². The summed E-state index contributed by atoms with van der Waals surface area (Å²) in [6.07, 6.45) is 0.792. The Morgan fingerprint density at radius 2 is 1.81 bits per heavy atom. The molecular formula is C15H27N3O2S. The molecule has 0 heterocycles. The second-order valence-electron chi connectivity index (χ2n) is 5.63. The second-order valence-corrected chi connectivity index (χ2v) is 7.36. The number of sulfonamides is 1. The lowest BCUT2D eigenvalue weighted by Gasteiger charge is -2.14. The Bertz CT molecular complexity index is 569. The number of rotatable bonds is 8. The molecule has 0 unspecified atom stereocenters. The highest BCUT2D eigenvalue weighted by Gasteiger charge is 2.17. The molecule has 1 aromatic rings. The fourth-order valence-corrected chi connectivity index (χ4v) is 3.57. The number of benzene rings is 1. The minimum absolute atomic E-state index is 0.378. The normalized spacial score (nSPS) is 12.1. The van der Waals surface area contributed by atoms with E-state index in [2.05, 4.69) is 10.0 Å². The van der Waals surface area contributed by atoms with Crippen LogP contribution in [0.1, 0.15) is 23.1 Å². The maximum Gasteiger partial charge on any atom is 0.240 e. The number of hydrogen-bond donors (Lipinski definition) is 2. The SMILES string of the molecule is CNCc1cc(S(=O)(=O)NCCCN(C)C)c(C)cc1C. The highest BCUT2D eigenvalue weighted by molar-refractivity contribution is 7.89. The zero-order valence-electron chi connectivity index (χ0n) is 13.7. The van der Waals surface area contributed by atoms with Gasteiger partial charge < -0.3 is 10.2 Å². The zero-order valence-corrected chi connectivity index (χ0v) is 14.5. The van der Waals surface area contributed by atoms with Crippen LogP contribution < -0.4 is 10.0 Å². The molecule has 0 aliphatic heterocycles. The summed E-state index contributed by atoms with van der Waals surface area (Å²) in [7, 11) is 2.36. The van der Waals surface area contributed by atoms with Crippen molar-refractivity contribution in [1.82, 2.24) is 14.9 Å². The molecule has 0 saturated carbocycles. The van der Waals surface area contributed by atoms with Gasteiger partial charge in [-0.05, 0) is 70.7 Å². The van der Waals surface area contributed by atoms with Crippen LogP contribution in [0.25, 0.3) is 0 Å². The molecule has 5 nitrogen and oxygen atoms in total. The first kappa shape index (κ1) is 18.1. The zero-order chi connectivity index (χ0) is 16.0. The molecule has 0 amide bonds. The smallest absolute Gasteiger partial charge is 0.240 e. The van der Waals surface area contributed by atoms with E-state index >= 15 is 0 Å². The summed E-state index contributed by atoms with van der Waals surface area (Å²) >= 11 is 0. The number of hydrogen-bond acceptors (Lipinski definition) is 4. The van der Waals surface area contributed by atoms with E-state index in [0.29, 0.717) is 18.0 Å². The van der Waals surface area contributed by atoms with Crippen molar-refractivity contribution in [2.24, 2.45) is 0 Å². The van der Waals surface area contributed by atoms with Crippen LogP contribution in [-0.2, 0) is 16.6 Å². The van der Waals surface area contributed by atoms with Crippen molar-refractivity contribution in [2.45, 2.75) is 31.7 Å². The van der Waals surface area contributed by atoms with Crippen molar-refractivity contribution in [3.8, 4) is 0 Å². The Morgan fingerprint density at radius 3 is 2.38 bits per heavy atom. The molecule has 21 heavy (non-hydrogen) atoms. The van der Waals surface area contributed by atoms with E-state index in [1.54, 1.807) is 6.07 Å². The average Bonchev–Trinajstić information content (AvgIpc) is 2.37. The van der Waals surface area contributed by atoms with E-state index < -0.39 is 10.0 Å². The Balaban J connectivity index is 2.89. The summed E-state index contributed by atoms with van der Waals surface area (Å²) in [5, 5.41) is 3.07. The Hall–Kier alpha value is -0.950. The number of aryl methyl sites for hydroxylation is 2. The molecule has 120 valence electrons. The minimum atomic E-state index is -3.44. The van der Waals surface area contributed by atoms with Crippen molar-refractivity contribution < 1.29 is 8.42 Å². The van der Waals surface area contributed by atoms with E-state index in [0.717, 1.165) is 29.7 Å². The summed E-state index contributed by atoms with van der Waals surface area (Å²) in [5.41, 5.74) is 2.90. The molecule has 1 rings (SSSR count).